The third-order valence-corrected chi connectivity index (χ3v) is 10.1. The van der Waals surface area contributed by atoms with Crippen LogP contribution in [0.25, 0.3) is 76.1 Å². The van der Waals surface area contributed by atoms with Gasteiger partial charge in [0.25, 0.3) is 0 Å². The van der Waals surface area contributed by atoms with E-state index >= 15 is 0 Å². The SMILES string of the molecule is [2H]c1c([2H])c(N(c2ccc(-c3ccc4c(ccc5ccccc54)c3)cc2)c2cc3ccccc3c3ccccc23)c([2H])c([2H])c1-c1cccc2ccccc12. The van der Waals surface area contributed by atoms with E-state index < -0.39 is 0 Å². The highest BCUT2D eigenvalue weighted by molar-refractivity contribution is 6.15. The molecule has 0 saturated carbocycles. The lowest BCUT2D eigenvalue weighted by Gasteiger charge is -2.28. The third-order valence-electron chi connectivity index (χ3n) is 10.1. The maximum Gasteiger partial charge on any atom is 0.0645 e. The fourth-order valence-electron chi connectivity index (χ4n) is 7.60. The molecular weight excluding hydrogens is 615 g/mol. The maximum atomic E-state index is 9.61. The molecule has 0 heterocycles. The van der Waals surface area contributed by atoms with E-state index in [1.54, 1.807) is 0 Å². The predicted molar refractivity (Wildman–Crippen MR) is 220 cm³/mol. The summed E-state index contributed by atoms with van der Waals surface area (Å²) in [5.41, 5.74) is 4.79. The Balaban J connectivity index is 1.19. The van der Waals surface area contributed by atoms with Gasteiger partial charge in [-0.25, -0.2) is 0 Å². The summed E-state index contributed by atoms with van der Waals surface area (Å²) in [7, 11) is 0. The fraction of sp³-hybridized carbons (Fsp3) is 0. The molecule has 1 heteroatoms. The van der Waals surface area contributed by atoms with Gasteiger partial charge < -0.3 is 4.90 Å². The van der Waals surface area contributed by atoms with Gasteiger partial charge in [0.15, 0.2) is 0 Å². The Kier molecular flexibility index (Phi) is 5.96. The topological polar surface area (TPSA) is 3.24 Å². The molecule has 238 valence electrons. The highest BCUT2D eigenvalue weighted by Gasteiger charge is 2.18. The lowest BCUT2D eigenvalue weighted by molar-refractivity contribution is 1.30. The van der Waals surface area contributed by atoms with Crippen LogP contribution in [-0.4, -0.2) is 0 Å². The standard InChI is InChI=1S/C50H33N/c1-4-14-43-35(10-1)13-9-19-45(43)37-24-29-42(30-25-37)51(50-33-39-12-3-6-16-46(39)48-17-7-8-18-49(48)50)41-27-22-34(23-28-41)38-26-31-47-40(32-38)21-20-36-11-2-5-15-44(36)47/h1-33H/i24D,25D,29D,30D. The molecule has 0 atom stereocenters. The maximum absolute atomic E-state index is 9.61. The fourth-order valence-corrected chi connectivity index (χ4v) is 7.60. The summed E-state index contributed by atoms with van der Waals surface area (Å²) >= 11 is 0. The molecular formula is C50H33N. The molecule has 0 N–H and O–H groups in total. The molecule has 0 aliphatic heterocycles. The first-order valence-electron chi connectivity index (χ1n) is 19.3. The van der Waals surface area contributed by atoms with Gasteiger partial charge >= 0.3 is 0 Å². The average Bonchev–Trinajstić information content (AvgIpc) is 3.24. The molecule has 0 bridgehead atoms. The van der Waals surface area contributed by atoms with Crippen LogP contribution in [0.3, 0.4) is 0 Å². The van der Waals surface area contributed by atoms with Crippen molar-refractivity contribution in [3.05, 3.63) is 200 Å². The van der Waals surface area contributed by atoms with E-state index in [1.807, 2.05) is 83.8 Å². The summed E-state index contributed by atoms with van der Waals surface area (Å²) in [5.74, 6) is 0. The van der Waals surface area contributed by atoms with Gasteiger partial charge in [0, 0.05) is 16.8 Å². The van der Waals surface area contributed by atoms with E-state index in [0.29, 0.717) is 11.1 Å². The van der Waals surface area contributed by atoms with Gasteiger partial charge in [-0.15, -0.1) is 0 Å². The molecule has 1 nitrogen and oxygen atoms in total. The summed E-state index contributed by atoms with van der Waals surface area (Å²) in [4.78, 5) is 1.92. The zero-order chi connectivity index (χ0) is 37.2. The molecule has 10 aromatic carbocycles. The van der Waals surface area contributed by atoms with E-state index in [4.69, 9.17) is 0 Å². The van der Waals surface area contributed by atoms with Crippen LogP contribution in [0.5, 0.6) is 0 Å². The molecule has 51 heavy (non-hydrogen) atoms. The second-order valence-corrected chi connectivity index (χ2v) is 13.0. The van der Waals surface area contributed by atoms with Crippen LogP contribution in [0.2, 0.25) is 0 Å². The Labute approximate surface area is 302 Å². The van der Waals surface area contributed by atoms with Gasteiger partial charge in [-0.1, -0.05) is 164 Å². The minimum Gasteiger partial charge on any atom is -0.310 e. The number of hydrogen-bond donors (Lipinski definition) is 0. The molecule has 0 unspecified atom stereocenters. The van der Waals surface area contributed by atoms with Crippen molar-refractivity contribution < 1.29 is 5.48 Å². The van der Waals surface area contributed by atoms with Crippen LogP contribution in [-0.2, 0) is 0 Å². The molecule has 0 radical (unpaired) electrons. The lowest BCUT2D eigenvalue weighted by atomic mass is 9.96. The minimum atomic E-state index is -0.105. The quantitative estimate of drug-likeness (QED) is 0.167. The zero-order valence-electron chi connectivity index (χ0n) is 31.7. The molecule has 0 fully saturated rings. The van der Waals surface area contributed by atoms with Crippen LogP contribution >= 0.6 is 0 Å². The van der Waals surface area contributed by atoms with Gasteiger partial charge in [-0.2, -0.15) is 0 Å². The minimum absolute atomic E-state index is 0.0808. The number of anilines is 3. The molecule has 0 amide bonds. The van der Waals surface area contributed by atoms with Crippen molar-refractivity contribution in [3.8, 4) is 22.3 Å². The van der Waals surface area contributed by atoms with Crippen molar-refractivity contribution in [1.82, 2.24) is 0 Å². The Morgan fingerprint density at radius 1 is 0.314 bits per heavy atom. The molecule has 0 aliphatic rings. The summed E-state index contributed by atoms with van der Waals surface area (Å²) in [6.45, 7) is 0. The van der Waals surface area contributed by atoms with E-state index in [2.05, 4.69) is 97.1 Å². The summed E-state index contributed by atoms with van der Waals surface area (Å²) in [6, 6.07) is 59.4. The van der Waals surface area contributed by atoms with Crippen molar-refractivity contribution in [2.75, 3.05) is 4.90 Å². The summed E-state index contributed by atoms with van der Waals surface area (Å²) in [6.07, 6.45) is 0. The first-order chi connectivity index (χ1) is 27.0. The van der Waals surface area contributed by atoms with E-state index in [-0.39, 0.29) is 29.9 Å². The van der Waals surface area contributed by atoms with Crippen molar-refractivity contribution in [2.45, 2.75) is 0 Å². The highest BCUT2D eigenvalue weighted by atomic mass is 15.1. The van der Waals surface area contributed by atoms with Crippen molar-refractivity contribution in [2.24, 2.45) is 0 Å². The van der Waals surface area contributed by atoms with Crippen molar-refractivity contribution in [3.63, 3.8) is 0 Å². The van der Waals surface area contributed by atoms with Crippen LogP contribution in [0, 0.1) is 0 Å². The van der Waals surface area contributed by atoms with Gasteiger partial charge in [-0.3, -0.25) is 0 Å². The number of rotatable bonds is 5. The zero-order valence-corrected chi connectivity index (χ0v) is 27.7. The van der Waals surface area contributed by atoms with E-state index in [9.17, 15) is 5.48 Å². The Morgan fingerprint density at radius 3 is 1.61 bits per heavy atom. The third kappa shape index (κ3) is 5.02. The van der Waals surface area contributed by atoms with Gasteiger partial charge in [-0.05, 0) is 107 Å². The van der Waals surface area contributed by atoms with Gasteiger partial charge in [0.2, 0.25) is 0 Å². The molecule has 0 aromatic heterocycles. The monoisotopic (exact) mass is 651 g/mol. The highest BCUT2D eigenvalue weighted by Crippen LogP contribution is 2.43. The Morgan fingerprint density at radius 2 is 0.843 bits per heavy atom. The number of hydrogen-bond acceptors (Lipinski definition) is 1. The number of nitrogens with zero attached hydrogens (tertiary/aromatic N) is 1. The first-order valence-corrected chi connectivity index (χ1v) is 17.3. The lowest BCUT2D eigenvalue weighted by Crippen LogP contribution is -2.10. The van der Waals surface area contributed by atoms with Crippen molar-refractivity contribution >= 4 is 70.9 Å². The van der Waals surface area contributed by atoms with Crippen molar-refractivity contribution in [1.29, 1.82) is 0 Å². The summed E-state index contributed by atoms with van der Waals surface area (Å²) in [5, 5.41) is 10.8. The van der Waals surface area contributed by atoms with Crippen LogP contribution < -0.4 is 4.90 Å². The van der Waals surface area contributed by atoms with E-state index in [0.717, 1.165) is 54.8 Å². The number of benzene rings is 10. The Bertz CT molecular complexity index is 3120. The first kappa shape index (κ1) is 25.3. The number of fused-ring (bicyclic) bond motifs is 7. The predicted octanol–water partition coefficient (Wildman–Crippen LogP) is 14.3. The largest absolute Gasteiger partial charge is 0.310 e. The molecule has 10 aromatic rings. The van der Waals surface area contributed by atoms with E-state index in [1.165, 1.54) is 21.5 Å². The molecule has 0 aliphatic carbocycles. The van der Waals surface area contributed by atoms with Gasteiger partial charge in [0.05, 0.1) is 11.2 Å². The van der Waals surface area contributed by atoms with Gasteiger partial charge in [0.1, 0.15) is 0 Å². The van der Waals surface area contributed by atoms with Crippen LogP contribution in [0.1, 0.15) is 5.48 Å². The second-order valence-electron chi connectivity index (χ2n) is 13.0. The average molecular weight is 652 g/mol. The molecule has 10 rings (SSSR count). The molecule has 0 saturated heterocycles. The normalized spacial score (nSPS) is 12.6. The van der Waals surface area contributed by atoms with Crippen LogP contribution in [0.15, 0.2) is 200 Å². The second kappa shape index (κ2) is 12.0. The van der Waals surface area contributed by atoms with Crippen LogP contribution in [0.4, 0.5) is 17.1 Å². The molecule has 0 spiro atoms. The Hall–Kier alpha value is -6.70. The summed E-state index contributed by atoms with van der Waals surface area (Å²) < 4.78 is 38.1. The smallest absolute Gasteiger partial charge is 0.0645 e.